The van der Waals surface area contributed by atoms with E-state index in [1.54, 1.807) is 36.4 Å². The molecule has 5 rings (SSSR count). The summed E-state index contributed by atoms with van der Waals surface area (Å²) in [5.74, 6) is -1.49. The highest BCUT2D eigenvalue weighted by Gasteiger charge is 2.34. The summed E-state index contributed by atoms with van der Waals surface area (Å²) in [6, 6.07) is 13.6. The van der Waals surface area contributed by atoms with E-state index < -0.39 is 21.6 Å². The van der Waals surface area contributed by atoms with Crippen LogP contribution in [-0.2, 0) is 10.0 Å². The topological polar surface area (TPSA) is 99.8 Å². The van der Waals surface area contributed by atoms with Crippen molar-refractivity contribution in [3.63, 3.8) is 0 Å². The van der Waals surface area contributed by atoms with Crippen molar-refractivity contribution in [2.75, 3.05) is 17.6 Å². The highest BCUT2D eigenvalue weighted by molar-refractivity contribution is 7.92. The Bertz CT molecular complexity index is 1610. The van der Waals surface area contributed by atoms with E-state index in [4.69, 9.17) is 16.0 Å². The molecule has 3 aromatic carbocycles. The van der Waals surface area contributed by atoms with Gasteiger partial charge in [0.15, 0.2) is 11.6 Å². The van der Waals surface area contributed by atoms with Crippen molar-refractivity contribution in [2.24, 2.45) is 0 Å². The molecule has 1 heterocycles. The van der Waals surface area contributed by atoms with Gasteiger partial charge in [0, 0.05) is 35.2 Å². The molecule has 1 amide bonds. The van der Waals surface area contributed by atoms with E-state index in [1.807, 2.05) is 0 Å². The van der Waals surface area contributed by atoms with E-state index in [2.05, 4.69) is 5.32 Å². The first-order valence-electron chi connectivity index (χ1n) is 11.2. The summed E-state index contributed by atoms with van der Waals surface area (Å²) >= 11 is 6.03. The van der Waals surface area contributed by atoms with Gasteiger partial charge in [0.2, 0.25) is 10.0 Å². The Morgan fingerprint density at radius 2 is 1.83 bits per heavy atom. The van der Waals surface area contributed by atoms with Gasteiger partial charge in [-0.1, -0.05) is 11.6 Å². The number of carbonyl (C=O) groups excluding carboxylic acids is 1. The molecule has 1 aromatic heterocycles. The Morgan fingerprint density at radius 1 is 1.14 bits per heavy atom. The van der Waals surface area contributed by atoms with Crippen molar-refractivity contribution >= 4 is 49.9 Å². The molecule has 1 aliphatic carbocycles. The van der Waals surface area contributed by atoms with Crippen LogP contribution in [0.15, 0.2) is 59.0 Å². The van der Waals surface area contributed by atoms with Crippen molar-refractivity contribution < 1.29 is 27.1 Å². The zero-order valence-electron chi connectivity index (χ0n) is 19.4. The smallest absolute Gasteiger partial charge is 0.255 e. The third-order valence-corrected chi connectivity index (χ3v) is 7.45. The second-order valence-corrected chi connectivity index (χ2v) is 11.0. The maximum absolute atomic E-state index is 14.2. The molecule has 0 spiro atoms. The Balaban J connectivity index is 1.80. The molecule has 0 aliphatic heterocycles. The first kappa shape index (κ1) is 24.1. The molecule has 10 heteroatoms. The Labute approximate surface area is 212 Å². The standard InChI is InChI=1S/C26H22ClFN2O5S/c1-29-26(32)24-19-12-18(14-3-4-14)21(13-23(19)35-25(24)15-5-7-16(27)8-6-15)30(36(2,33)34)17-9-10-22(31)20(28)11-17/h5-14,31H,3-4H2,1-2H3,(H,29,32). The van der Waals surface area contributed by atoms with E-state index in [0.29, 0.717) is 44.1 Å². The summed E-state index contributed by atoms with van der Waals surface area (Å²) < 4.78 is 47.4. The zero-order valence-corrected chi connectivity index (χ0v) is 21.0. The largest absolute Gasteiger partial charge is 0.505 e. The molecule has 1 fully saturated rings. The second kappa shape index (κ2) is 8.83. The lowest BCUT2D eigenvalue weighted by atomic mass is 10.00. The molecule has 4 aromatic rings. The minimum absolute atomic E-state index is 0.0325. The number of nitrogens with zero attached hydrogens (tertiary/aromatic N) is 1. The van der Waals surface area contributed by atoms with Crippen LogP contribution in [0.2, 0.25) is 5.02 Å². The van der Waals surface area contributed by atoms with Gasteiger partial charge in [-0.15, -0.1) is 0 Å². The summed E-state index contributed by atoms with van der Waals surface area (Å²) in [6.45, 7) is 0. The predicted molar refractivity (Wildman–Crippen MR) is 137 cm³/mol. The van der Waals surface area contributed by atoms with Crippen molar-refractivity contribution in [1.29, 1.82) is 0 Å². The molecule has 36 heavy (non-hydrogen) atoms. The third-order valence-electron chi connectivity index (χ3n) is 6.13. The Morgan fingerprint density at radius 3 is 2.42 bits per heavy atom. The van der Waals surface area contributed by atoms with Gasteiger partial charge in [0.25, 0.3) is 5.91 Å². The van der Waals surface area contributed by atoms with Crippen LogP contribution in [0.25, 0.3) is 22.3 Å². The zero-order chi connectivity index (χ0) is 25.8. The molecule has 186 valence electrons. The van der Waals surface area contributed by atoms with E-state index in [-0.39, 0.29) is 17.5 Å². The molecule has 1 aliphatic rings. The van der Waals surface area contributed by atoms with Crippen LogP contribution in [0.1, 0.15) is 34.7 Å². The van der Waals surface area contributed by atoms with E-state index >= 15 is 0 Å². The van der Waals surface area contributed by atoms with Crippen LogP contribution in [-0.4, -0.2) is 32.7 Å². The van der Waals surface area contributed by atoms with Crippen LogP contribution < -0.4 is 9.62 Å². The molecule has 7 nitrogen and oxygen atoms in total. The average molecular weight is 529 g/mol. The lowest BCUT2D eigenvalue weighted by Gasteiger charge is -2.25. The quantitative estimate of drug-likeness (QED) is 0.323. The normalized spacial score (nSPS) is 13.7. The first-order valence-corrected chi connectivity index (χ1v) is 13.4. The van der Waals surface area contributed by atoms with Crippen molar-refractivity contribution in [2.45, 2.75) is 18.8 Å². The van der Waals surface area contributed by atoms with Gasteiger partial charge < -0.3 is 14.8 Å². The van der Waals surface area contributed by atoms with E-state index in [9.17, 15) is 22.7 Å². The summed E-state index contributed by atoms with van der Waals surface area (Å²) in [6.07, 6.45) is 2.71. The number of furan rings is 1. The van der Waals surface area contributed by atoms with Gasteiger partial charge >= 0.3 is 0 Å². The van der Waals surface area contributed by atoms with Crippen LogP contribution in [0.4, 0.5) is 15.8 Å². The molecule has 0 atom stereocenters. The summed E-state index contributed by atoms with van der Waals surface area (Å²) in [4.78, 5) is 12.9. The molecule has 0 unspecified atom stereocenters. The van der Waals surface area contributed by atoms with Crippen molar-refractivity contribution in [3.05, 3.63) is 76.6 Å². The molecular weight excluding hydrogens is 507 g/mol. The highest BCUT2D eigenvalue weighted by Crippen LogP contribution is 2.49. The fourth-order valence-corrected chi connectivity index (χ4v) is 5.47. The monoisotopic (exact) mass is 528 g/mol. The summed E-state index contributed by atoms with van der Waals surface area (Å²) in [5, 5.41) is 13.3. The molecular formula is C26H22ClFN2O5S. The van der Waals surface area contributed by atoms with Gasteiger partial charge in [-0.3, -0.25) is 4.79 Å². The number of fused-ring (bicyclic) bond motifs is 1. The number of rotatable bonds is 6. The van der Waals surface area contributed by atoms with Crippen molar-refractivity contribution in [3.8, 4) is 17.1 Å². The number of sulfonamides is 1. The summed E-state index contributed by atoms with van der Waals surface area (Å²) in [7, 11) is -2.41. The number of benzene rings is 3. The number of phenolic OH excluding ortho intramolecular Hbond substituents is 1. The minimum Gasteiger partial charge on any atom is -0.505 e. The first-order chi connectivity index (χ1) is 17.1. The number of phenols is 1. The minimum atomic E-state index is -3.93. The second-order valence-electron chi connectivity index (χ2n) is 8.74. The van der Waals surface area contributed by atoms with Crippen LogP contribution in [0.3, 0.4) is 0 Å². The fraction of sp³-hybridized carbons (Fsp3) is 0.192. The van der Waals surface area contributed by atoms with E-state index in [1.165, 1.54) is 13.1 Å². The number of hydrogen-bond donors (Lipinski definition) is 2. The lowest BCUT2D eigenvalue weighted by Crippen LogP contribution is -2.26. The number of hydrogen-bond acceptors (Lipinski definition) is 5. The Kier molecular flexibility index (Phi) is 5.92. The highest BCUT2D eigenvalue weighted by atomic mass is 35.5. The maximum atomic E-state index is 14.2. The number of halogens is 2. The van der Waals surface area contributed by atoms with Crippen LogP contribution in [0.5, 0.6) is 5.75 Å². The Hall–Kier alpha value is -3.56. The molecule has 0 radical (unpaired) electrons. The number of nitrogens with one attached hydrogen (secondary N) is 1. The van der Waals surface area contributed by atoms with Gasteiger partial charge in [0.05, 0.1) is 23.2 Å². The van der Waals surface area contributed by atoms with Gasteiger partial charge in [-0.25, -0.2) is 17.1 Å². The molecule has 2 N–H and O–H groups in total. The number of aromatic hydroxyl groups is 1. The molecule has 1 saturated carbocycles. The fourth-order valence-electron chi connectivity index (χ4n) is 4.33. The molecule has 0 bridgehead atoms. The number of anilines is 2. The maximum Gasteiger partial charge on any atom is 0.255 e. The molecule has 0 saturated heterocycles. The average Bonchev–Trinajstić information content (AvgIpc) is 3.61. The third kappa shape index (κ3) is 4.29. The van der Waals surface area contributed by atoms with Gasteiger partial charge in [-0.2, -0.15) is 0 Å². The van der Waals surface area contributed by atoms with Crippen LogP contribution >= 0.6 is 11.6 Å². The van der Waals surface area contributed by atoms with Gasteiger partial charge in [-0.05, 0) is 66.8 Å². The predicted octanol–water partition coefficient (Wildman–Crippen LogP) is 5.93. The lowest BCUT2D eigenvalue weighted by molar-refractivity contribution is 0.0964. The number of amides is 1. The van der Waals surface area contributed by atoms with Crippen molar-refractivity contribution in [1.82, 2.24) is 5.32 Å². The summed E-state index contributed by atoms with van der Waals surface area (Å²) in [5.41, 5.74) is 2.29. The van der Waals surface area contributed by atoms with Gasteiger partial charge in [0.1, 0.15) is 11.3 Å². The SMILES string of the molecule is CNC(=O)c1c(-c2ccc(Cl)cc2)oc2cc(N(c3ccc(O)c(F)c3)S(C)(=O)=O)c(C3CC3)cc12. The van der Waals surface area contributed by atoms with Crippen LogP contribution in [0, 0.1) is 5.82 Å². The van der Waals surface area contributed by atoms with E-state index in [0.717, 1.165) is 35.5 Å². The number of carbonyl (C=O) groups is 1.